The Morgan fingerprint density at radius 2 is 1.80 bits per heavy atom. The molecule has 5 heteroatoms. The van der Waals surface area contributed by atoms with Gasteiger partial charge >= 0.3 is 0 Å². The largest absolute Gasteiger partial charge is 0.390 e. The highest BCUT2D eigenvalue weighted by Crippen LogP contribution is 2.32. The molecule has 3 atom stereocenters. The average molecular weight is 417 g/mol. The number of fused-ring (bicyclic) bond motifs is 1. The summed E-state index contributed by atoms with van der Waals surface area (Å²) in [5.74, 6) is -1.26. The first kappa shape index (κ1) is 22.9. The SMILES string of the molecule is CC(C)(C)Cc1ccc2c(c1)C(NC[C@@H](O)C(N)Cc1cc(F)cc(F)c1)CCC2. The number of aliphatic hydroxyl groups excluding tert-OH is 1. The Hall–Kier alpha value is -1.82. The predicted octanol–water partition coefficient (Wildman–Crippen LogP) is 4.45. The van der Waals surface area contributed by atoms with Crippen LogP contribution in [0.4, 0.5) is 8.78 Å². The number of hydrogen-bond donors (Lipinski definition) is 3. The van der Waals surface area contributed by atoms with E-state index in [0.29, 0.717) is 12.1 Å². The van der Waals surface area contributed by atoms with E-state index in [0.717, 1.165) is 31.7 Å². The van der Waals surface area contributed by atoms with Crippen molar-refractivity contribution < 1.29 is 13.9 Å². The van der Waals surface area contributed by atoms with Gasteiger partial charge in [-0.1, -0.05) is 39.0 Å². The minimum atomic E-state index is -0.806. The zero-order valence-corrected chi connectivity index (χ0v) is 18.2. The molecular formula is C25H34F2N2O. The fraction of sp³-hybridized carbons (Fsp3) is 0.520. The number of benzene rings is 2. The molecule has 0 saturated carbocycles. The van der Waals surface area contributed by atoms with Crippen LogP contribution in [0, 0.1) is 17.0 Å². The minimum Gasteiger partial charge on any atom is -0.390 e. The molecule has 0 spiro atoms. The highest BCUT2D eigenvalue weighted by Gasteiger charge is 2.23. The van der Waals surface area contributed by atoms with Gasteiger partial charge in [-0.05, 0) is 71.9 Å². The molecule has 0 radical (unpaired) electrons. The van der Waals surface area contributed by atoms with Gasteiger partial charge in [-0.25, -0.2) is 8.78 Å². The topological polar surface area (TPSA) is 58.3 Å². The van der Waals surface area contributed by atoms with Crippen LogP contribution >= 0.6 is 0 Å². The van der Waals surface area contributed by atoms with E-state index >= 15 is 0 Å². The van der Waals surface area contributed by atoms with E-state index in [2.05, 4.69) is 44.3 Å². The molecule has 0 heterocycles. The van der Waals surface area contributed by atoms with Gasteiger partial charge in [0.15, 0.2) is 0 Å². The Balaban J connectivity index is 1.62. The number of nitrogens with one attached hydrogen (secondary N) is 1. The summed E-state index contributed by atoms with van der Waals surface area (Å²) in [6.07, 6.45) is 3.63. The van der Waals surface area contributed by atoms with Gasteiger partial charge in [0.2, 0.25) is 0 Å². The molecule has 4 N–H and O–H groups in total. The smallest absolute Gasteiger partial charge is 0.126 e. The summed E-state index contributed by atoms with van der Waals surface area (Å²) in [4.78, 5) is 0. The first-order valence-corrected chi connectivity index (χ1v) is 10.8. The summed E-state index contributed by atoms with van der Waals surface area (Å²) in [5.41, 5.74) is 10.8. The molecule has 0 aliphatic heterocycles. The van der Waals surface area contributed by atoms with E-state index in [9.17, 15) is 13.9 Å². The van der Waals surface area contributed by atoms with Gasteiger partial charge in [0, 0.05) is 24.7 Å². The lowest BCUT2D eigenvalue weighted by Crippen LogP contribution is -2.44. The summed E-state index contributed by atoms with van der Waals surface area (Å²) in [5, 5.41) is 14.0. The van der Waals surface area contributed by atoms with E-state index in [4.69, 9.17) is 5.73 Å². The van der Waals surface area contributed by atoms with Crippen molar-refractivity contribution in [2.24, 2.45) is 11.1 Å². The number of nitrogens with two attached hydrogens (primary N) is 1. The van der Waals surface area contributed by atoms with Gasteiger partial charge < -0.3 is 16.2 Å². The number of aliphatic hydroxyl groups is 1. The first-order valence-electron chi connectivity index (χ1n) is 10.8. The molecule has 2 aromatic carbocycles. The maximum atomic E-state index is 13.4. The van der Waals surface area contributed by atoms with Crippen LogP contribution in [0.15, 0.2) is 36.4 Å². The fourth-order valence-corrected chi connectivity index (χ4v) is 4.33. The molecule has 3 rings (SSSR count). The van der Waals surface area contributed by atoms with Crippen molar-refractivity contribution in [3.05, 3.63) is 70.3 Å². The minimum absolute atomic E-state index is 0.183. The third-order valence-corrected chi connectivity index (χ3v) is 5.72. The van der Waals surface area contributed by atoms with E-state index < -0.39 is 23.8 Å². The highest BCUT2D eigenvalue weighted by atomic mass is 19.1. The summed E-state index contributed by atoms with van der Waals surface area (Å²) in [6, 6.07) is 9.71. The number of hydrogen-bond acceptors (Lipinski definition) is 3. The lowest BCUT2D eigenvalue weighted by molar-refractivity contribution is 0.136. The van der Waals surface area contributed by atoms with Crippen LogP contribution in [0.25, 0.3) is 0 Å². The maximum Gasteiger partial charge on any atom is 0.126 e. The second-order valence-electron chi connectivity index (χ2n) is 9.84. The normalized spacial score (nSPS) is 18.7. The summed E-state index contributed by atoms with van der Waals surface area (Å²) < 4.78 is 26.8. The Bertz CT molecular complexity index is 842. The second-order valence-corrected chi connectivity index (χ2v) is 9.84. The quantitative estimate of drug-likeness (QED) is 0.625. The molecular weight excluding hydrogens is 382 g/mol. The number of rotatable bonds is 7. The van der Waals surface area contributed by atoms with E-state index in [-0.39, 0.29) is 17.9 Å². The van der Waals surface area contributed by atoms with Gasteiger partial charge in [0.05, 0.1) is 6.10 Å². The van der Waals surface area contributed by atoms with E-state index in [1.54, 1.807) is 0 Å². The number of halogens is 2. The van der Waals surface area contributed by atoms with Crippen molar-refractivity contribution in [1.82, 2.24) is 5.32 Å². The maximum absolute atomic E-state index is 13.4. The Kier molecular flexibility index (Phi) is 7.27. The van der Waals surface area contributed by atoms with Crippen molar-refractivity contribution in [2.45, 2.75) is 71.1 Å². The average Bonchev–Trinajstić information content (AvgIpc) is 2.63. The summed E-state index contributed by atoms with van der Waals surface area (Å²) >= 11 is 0. The van der Waals surface area contributed by atoms with Gasteiger partial charge in [-0.3, -0.25) is 0 Å². The zero-order chi connectivity index (χ0) is 21.9. The van der Waals surface area contributed by atoms with Crippen LogP contribution in [0.5, 0.6) is 0 Å². The monoisotopic (exact) mass is 416 g/mol. The highest BCUT2D eigenvalue weighted by molar-refractivity contribution is 5.36. The van der Waals surface area contributed by atoms with Crippen LogP contribution in [-0.4, -0.2) is 23.8 Å². The van der Waals surface area contributed by atoms with E-state index in [1.165, 1.54) is 28.8 Å². The lowest BCUT2D eigenvalue weighted by Gasteiger charge is -2.30. The summed E-state index contributed by atoms with van der Waals surface area (Å²) in [7, 11) is 0. The van der Waals surface area contributed by atoms with Crippen molar-refractivity contribution in [3.63, 3.8) is 0 Å². The molecule has 30 heavy (non-hydrogen) atoms. The van der Waals surface area contributed by atoms with Crippen molar-refractivity contribution in [2.75, 3.05) is 6.54 Å². The van der Waals surface area contributed by atoms with E-state index in [1.807, 2.05) is 0 Å². The third kappa shape index (κ3) is 6.34. The molecule has 164 valence electrons. The third-order valence-electron chi connectivity index (χ3n) is 5.72. The van der Waals surface area contributed by atoms with Crippen LogP contribution in [0.2, 0.25) is 0 Å². The van der Waals surface area contributed by atoms with Crippen molar-refractivity contribution in [3.8, 4) is 0 Å². The molecule has 1 aliphatic carbocycles. The second kappa shape index (κ2) is 9.54. The fourth-order valence-electron chi connectivity index (χ4n) is 4.33. The van der Waals surface area contributed by atoms with Gasteiger partial charge in [-0.2, -0.15) is 0 Å². The zero-order valence-electron chi connectivity index (χ0n) is 18.2. The first-order chi connectivity index (χ1) is 14.1. The standard InChI is InChI=1S/C25H34F2N2O/c1-25(2,3)14-16-7-8-18-5-4-6-23(21(18)11-16)29-15-24(30)22(28)12-17-9-19(26)13-20(27)10-17/h7-11,13,22-24,29-30H,4-6,12,14-15,28H2,1-3H3/t22?,23?,24-/m1/s1. The molecule has 0 amide bonds. The Morgan fingerprint density at radius 1 is 1.10 bits per heavy atom. The van der Waals surface area contributed by atoms with Gasteiger partial charge in [0.1, 0.15) is 11.6 Å². The molecule has 0 aromatic heterocycles. The number of aryl methyl sites for hydroxylation is 1. The van der Waals surface area contributed by atoms with Crippen molar-refractivity contribution in [1.29, 1.82) is 0 Å². The van der Waals surface area contributed by atoms with Crippen LogP contribution in [-0.2, 0) is 19.3 Å². The molecule has 0 bridgehead atoms. The lowest BCUT2D eigenvalue weighted by atomic mass is 9.82. The van der Waals surface area contributed by atoms with Crippen LogP contribution in [0.3, 0.4) is 0 Å². The van der Waals surface area contributed by atoms with Crippen LogP contribution in [0.1, 0.15) is 61.9 Å². The summed E-state index contributed by atoms with van der Waals surface area (Å²) in [6.45, 7) is 7.06. The molecule has 0 saturated heterocycles. The molecule has 1 aliphatic rings. The molecule has 2 aromatic rings. The van der Waals surface area contributed by atoms with Crippen LogP contribution < -0.4 is 11.1 Å². The molecule has 2 unspecified atom stereocenters. The molecule has 3 nitrogen and oxygen atoms in total. The van der Waals surface area contributed by atoms with Gasteiger partial charge in [0.25, 0.3) is 0 Å². The van der Waals surface area contributed by atoms with Crippen molar-refractivity contribution >= 4 is 0 Å². The predicted molar refractivity (Wildman–Crippen MR) is 117 cm³/mol. The Morgan fingerprint density at radius 3 is 2.47 bits per heavy atom. The Labute approximate surface area is 178 Å². The molecule has 0 fully saturated rings. The van der Waals surface area contributed by atoms with Gasteiger partial charge in [-0.15, -0.1) is 0 Å².